The third kappa shape index (κ3) is 3.09. The van der Waals surface area contributed by atoms with Gasteiger partial charge in [-0.2, -0.15) is 4.80 Å². The standard InChI is InChI=1S/C19H29N7O2/c20-16(27)10-25-3-1-2-15(9-25)17(28)23-18-5-13-4-14(6-18)8-19(7-13,11-18)26-22-12-21-24-26/h12-15H,1-11H2,(H2,20,27)(H,23,28). The van der Waals surface area contributed by atoms with Crippen LogP contribution < -0.4 is 11.1 Å². The minimum atomic E-state index is -0.329. The number of hydrogen-bond acceptors (Lipinski definition) is 6. The minimum absolute atomic E-state index is 0.0680. The second-order valence-corrected chi connectivity index (χ2v) is 9.72. The van der Waals surface area contributed by atoms with Gasteiger partial charge in [-0.05, 0) is 75.0 Å². The molecule has 9 heteroatoms. The molecule has 1 aromatic heterocycles. The van der Waals surface area contributed by atoms with E-state index in [2.05, 4.69) is 20.7 Å². The highest BCUT2D eigenvalue weighted by Gasteiger charge is 2.60. The van der Waals surface area contributed by atoms with E-state index in [1.807, 2.05) is 9.70 Å². The third-order valence-electron chi connectivity index (χ3n) is 7.45. The van der Waals surface area contributed by atoms with Crippen LogP contribution in [0.3, 0.4) is 0 Å². The summed E-state index contributed by atoms with van der Waals surface area (Å²) in [6.45, 7) is 1.69. The molecule has 28 heavy (non-hydrogen) atoms. The summed E-state index contributed by atoms with van der Waals surface area (Å²) in [5, 5.41) is 16.0. The Morgan fingerprint density at radius 1 is 1.21 bits per heavy atom. The summed E-state index contributed by atoms with van der Waals surface area (Å²) in [7, 11) is 0. The van der Waals surface area contributed by atoms with Crippen LogP contribution in [0.25, 0.3) is 0 Å². The zero-order valence-electron chi connectivity index (χ0n) is 16.2. The monoisotopic (exact) mass is 387 g/mol. The molecule has 3 N–H and O–H groups in total. The molecule has 6 rings (SSSR count). The molecular formula is C19H29N7O2. The first-order valence-corrected chi connectivity index (χ1v) is 10.5. The van der Waals surface area contributed by atoms with E-state index in [1.165, 1.54) is 12.7 Å². The Morgan fingerprint density at radius 2 is 2.00 bits per heavy atom. The van der Waals surface area contributed by atoms with Gasteiger partial charge >= 0.3 is 0 Å². The number of nitrogens with one attached hydrogen (secondary N) is 1. The highest BCUT2D eigenvalue weighted by Crippen LogP contribution is 2.60. The normalized spacial score (nSPS) is 39.8. The van der Waals surface area contributed by atoms with Crippen molar-refractivity contribution in [3.8, 4) is 0 Å². The van der Waals surface area contributed by atoms with E-state index in [1.54, 1.807) is 0 Å². The summed E-state index contributed by atoms with van der Waals surface area (Å²) < 4.78 is 0. The molecule has 0 aromatic carbocycles. The van der Waals surface area contributed by atoms with Crippen molar-refractivity contribution in [1.29, 1.82) is 0 Å². The predicted octanol–water partition coefficient (Wildman–Crippen LogP) is 0.0345. The number of likely N-dealkylation sites (tertiary alicyclic amines) is 1. The van der Waals surface area contributed by atoms with E-state index < -0.39 is 0 Å². The number of aromatic nitrogens is 4. The molecule has 5 aliphatic rings. The number of tetrazole rings is 1. The molecule has 1 saturated heterocycles. The van der Waals surface area contributed by atoms with E-state index in [0.29, 0.717) is 18.4 Å². The van der Waals surface area contributed by atoms with Crippen LogP contribution in [0.5, 0.6) is 0 Å². The van der Waals surface area contributed by atoms with Crippen molar-refractivity contribution in [3.05, 3.63) is 6.33 Å². The average Bonchev–Trinajstić information content (AvgIpc) is 3.15. The second-order valence-electron chi connectivity index (χ2n) is 9.72. The van der Waals surface area contributed by atoms with E-state index in [9.17, 15) is 9.59 Å². The summed E-state index contributed by atoms with van der Waals surface area (Å²) in [5.74, 6) is 0.972. The number of rotatable bonds is 5. The smallest absolute Gasteiger partial charge is 0.231 e. The van der Waals surface area contributed by atoms with Gasteiger partial charge in [-0.15, -0.1) is 10.2 Å². The Balaban J connectivity index is 1.32. The molecule has 152 valence electrons. The van der Waals surface area contributed by atoms with Gasteiger partial charge in [0, 0.05) is 12.1 Å². The van der Waals surface area contributed by atoms with Crippen molar-refractivity contribution in [2.75, 3.05) is 19.6 Å². The van der Waals surface area contributed by atoms with Crippen LogP contribution in [0.15, 0.2) is 6.33 Å². The fourth-order valence-corrected chi connectivity index (χ4v) is 6.98. The van der Waals surface area contributed by atoms with Crippen molar-refractivity contribution >= 4 is 11.8 Å². The van der Waals surface area contributed by atoms with E-state index in [4.69, 9.17) is 5.73 Å². The highest BCUT2D eigenvalue weighted by atomic mass is 16.2. The van der Waals surface area contributed by atoms with Gasteiger partial charge in [-0.25, -0.2) is 0 Å². The van der Waals surface area contributed by atoms with Crippen molar-refractivity contribution < 1.29 is 9.59 Å². The Kier molecular flexibility index (Phi) is 4.19. The number of carbonyl (C=O) groups excluding carboxylic acids is 2. The van der Waals surface area contributed by atoms with Crippen molar-refractivity contribution in [1.82, 2.24) is 30.4 Å². The summed E-state index contributed by atoms with van der Waals surface area (Å²) >= 11 is 0. The molecule has 4 saturated carbocycles. The first kappa shape index (κ1) is 18.0. The molecule has 5 fully saturated rings. The maximum absolute atomic E-state index is 13.2. The zero-order chi connectivity index (χ0) is 19.4. The van der Waals surface area contributed by atoms with Crippen molar-refractivity contribution in [2.45, 2.75) is 62.4 Å². The van der Waals surface area contributed by atoms with Crippen LogP contribution in [0.2, 0.25) is 0 Å². The molecule has 1 aromatic rings. The molecule has 1 aliphatic heterocycles. The largest absolute Gasteiger partial charge is 0.369 e. The zero-order valence-corrected chi connectivity index (χ0v) is 16.2. The van der Waals surface area contributed by atoms with Crippen molar-refractivity contribution in [2.24, 2.45) is 23.5 Å². The quantitative estimate of drug-likeness (QED) is 0.736. The first-order valence-electron chi connectivity index (χ1n) is 10.5. The number of nitrogens with two attached hydrogens (primary N) is 1. The summed E-state index contributed by atoms with van der Waals surface area (Å²) in [6, 6.07) is 0. The van der Waals surface area contributed by atoms with Gasteiger partial charge in [0.15, 0.2) is 6.33 Å². The lowest BCUT2D eigenvalue weighted by Crippen LogP contribution is -2.67. The molecule has 2 heterocycles. The Bertz CT molecular complexity index is 750. The van der Waals surface area contributed by atoms with Gasteiger partial charge in [0.05, 0.1) is 18.0 Å². The minimum Gasteiger partial charge on any atom is -0.369 e. The Hall–Kier alpha value is -2.03. The molecular weight excluding hydrogens is 358 g/mol. The van der Waals surface area contributed by atoms with Gasteiger partial charge in [0.1, 0.15) is 0 Å². The number of hydrogen-bond donors (Lipinski definition) is 2. The molecule has 9 nitrogen and oxygen atoms in total. The predicted molar refractivity (Wildman–Crippen MR) is 99.7 cm³/mol. The van der Waals surface area contributed by atoms with E-state index in [0.717, 1.165) is 51.5 Å². The van der Waals surface area contributed by atoms with Crippen LogP contribution in [0, 0.1) is 17.8 Å². The number of piperidine rings is 1. The molecule has 0 spiro atoms. The molecule has 0 radical (unpaired) electrons. The van der Waals surface area contributed by atoms with Gasteiger partial charge < -0.3 is 11.1 Å². The molecule has 2 amide bonds. The number of amides is 2. The lowest BCUT2D eigenvalue weighted by molar-refractivity contribution is -0.137. The molecule has 3 unspecified atom stereocenters. The van der Waals surface area contributed by atoms with Crippen LogP contribution in [-0.4, -0.2) is 62.1 Å². The molecule has 4 aliphatic carbocycles. The summed E-state index contributed by atoms with van der Waals surface area (Å²) in [4.78, 5) is 28.3. The third-order valence-corrected chi connectivity index (χ3v) is 7.45. The van der Waals surface area contributed by atoms with Crippen LogP contribution in [0.4, 0.5) is 0 Å². The Labute approximate surface area is 164 Å². The average molecular weight is 387 g/mol. The Morgan fingerprint density at radius 3 is 2.68 bits per heavy atom. The number of carbonyl (C=O) groups is 2. The first-order chi connectivity index (χ1) is 13.5. The topological polar surface area (TPSA) is 119 Å². The van der Waals surface area contributed by atoms with Crippen LogP contribution >= 0.6 is 0 Å². The fourth-order valence-electron chi connectivity index (χ4n) is 6.98. The second kappa shape index (κ2) is 6.50. The lowest BCUT2D eigenvalue weighted by atomic mass is 9.50. The van der Waals surface area contributed by atoms with Gasteiger partial charge in [0.25, 0.3) is 0 Å². The maximum atomic E-state index is 13.2. The van der Waals surface area contributed by atoms with E-state index >= 15 is 0 Å². The fraction of sp³-hybridized carbons (Fsp3) is 0.842. The van der Waals surface area contributed by atoms with Gasteiger partial charge in [-0.3, -0.25) is 14.5 Å². The van der Waals surface area contributed by atoms with Crippen LogP contribution in [-0.2, 0) is 15.1 Å². The van der Waals surface area contributed by atoms with Gasteiger partial charge in [0.2, 0.25) is 11.8 Å². The van der Waals surface area contributed by atoms with E-state index in [-0.39, 0.29) is 35.4 Å². The molecule has 3 atom stereocenters. The SMILES string of the molecule is NC(=O)CN1CCCC(C(=O)NC23CC4CC(C2)CC(n2ncnn2)(C4)C3)C1. The molecule has 4 bridgehead atoms. The summed E-state index contributed by atoms with van der Waals surface area (Å²) in [5.41, 5.74) is 5.09. The van der Waals surface area contributed by atoms with Gasteiger partial charge in [-0.1, -0.05) is 0 Å². The summed E-state index contributed by atoms with van der Waals surface area (Å²) in [6.07, 6.45) is 9.76. The highest BCUT2D eigenvalue weighted by molar-refractivity contribution is 5.80. The van der Waals surface area contributed by atoms with Crippen LogP contribution in [0.1, 0.15) is 51.4 Å². The number of primary amides is 1. The lowest BCUT2D eigenvalue weighted by Gasteiger charge is -2.61. The number of nitrogens with zero attached hydrogens (tertiary/aromatic N) is 5. The van der Waals surface area contributed by atoms with Crippen molar-refractivity contribution in [3.63, 3.8) is 0 Å². The maximum Gasteiger partial charge on any atom is 0.231 e.